The fourth-order valence-corrected chi connectivity index (χ4v) is 4.03. The van der Waals surface area contributed by atoms with Gasteiger partial charge in [0, 0.05) is 48.0 Å². The van der Waals surface area contributed by atoms with E-state index >= 15 is 0 Å². The van der Waals surface area contributed by atoms with Crippen molar-refractivity contribution >= 4 is 40.1 Å². The highest BCUT2D eigenvalue weighted by Crippen LogP contribution is 2.24. The standard InChI is InChI=1S/C25H26ClN3O3/c1-17(2)23-15-21(20-8-3-4-9-22(20)27-23)25(31)32-16-24(30)29-12-10-28(11-13-29)19-7-5-6-18(26)14-19/h3-9,14-15,17H,10-13,16H2,1-2H3. The van der Waals surface area contributed by atoms with Crippen LogP contribution in [0.15, 0.2) is 54.6 Å². The molecule has 0 bridgehead atoms. The van der Waals surface area contributed by atoms with Crippen molar-refractivity contribution < 1.29 is 14.3 Å². The zero-order valence-corrected chi connectivity index (χ0v) is 19.0. The van der Waals surface area contributed by atoms with Crippen LogP contribution in [0, 0.1) is 0 Å². The molecule has 0 N–H and O–H groups in total. The number of carbonyl (C=O) groups is 2. The maximum atomic E-state index is 12.8. The van der Waals surface area contributed by atoms with Gasteiger partial charge in [-0.3, -0.25) is 9.78 Å². The second-order valence-electron chi connectivity index (χ2n) is 8.19. The van der Waals surface area contributed by atoms with E-state index in [0.717, 1.165) is 22.3 Å². The van der Waals surface area contributed by atoms with Crippen molar-refractivity contribution in [1.29, 1.82) is 0 Å². The Morgan fingerprint density at radius 3 is 2.50 bits per heavy atom. The molecule has 3 aromatic rings. The highest BCUT2D eigenvalue weighted by molar-refractivity contribution is 6.30. The number of piperazine rings is 1. The van der Waals surface area contributed by atoms with Gasteiger partial charge in [0.2, 0.25) is 0 Å². The molecule has 1 aliphatic rings. The highest BCUT2D eigenvalue weighted by Gasteiger charge is 2.23. The van der Waals surface area contributed by atoms with Crippen molar-refractivity contribution in [2.24, 2.45) is 0 Å². The van der Waals surface area contributed by atoms with E-state index in [4.69, 9.17) is 16.3 Å². The average Bonchev–Trinajstić information content (AvgIpc) is 2.81. The fraction of sp³-hybridized carbons (Fsp3) is 0.320. The summed E-state index contributed by atoms with van der Waals surface area (Å²) < 4.78 is 5.42. The molecule has 166 valence electrons. The predicted molar refractivity (Wildman–Crippen MR) is 126 cm³/mol. The van der Waals surface area contributed by atoms with Crippen LogP contribution in [-0.2, 0) is 9.53 Å². The molecule has 2 heterocycles. The smallest absolute Gasteiger partial charge is 0.339 e. The first-order valence-corrected chi connectivity index (χ1v) is 11.2. The summed E-state index contributed by atoms with van der Waals surface area (Å²) in [5, 5.41) is 1.42. The molecule has 7 heteroatoms. The van der Waals surface area contributed by atoms with E-state index in [1.54, 1.807) is 11.0 Å². The maximum absolute atomic E-state index is 12.8. The van der Waals surface area contributed by atoms with Crippen molar-refractivity contribution in [3.8, 4) is 0 Å². The highest BCUT2D eigenvalue weighted by atomic mass is 35.5. The topological polar surface area (TPSA) is 62.7 Å². The quantitative estimate of drug-likeness (QED) is 0.534. The van der Waals surface area contributed by atoms with Gasteiger partial charge >= 0.3 is 5.97 Å². The van der Waals surface area contributed by atoms with Gasteiger partial charge in [-0.05, 0) is 36.2 Å². The molecule has 0 radical (unpaired) electrons. The molecular formula is C25H26ClN3O3. The number of amides is 1. The van der Waals surface area contributed by atoms with E-state index in [2.05, 4.69) is 9.88 Å². The molecule has 1 saturated heterocycles. The van der Waals surface area contributed by atoms with Crippen molar-refractivity contribution in [2.45, 2.75) is 19.8 Å². The first kappa shape index (κ1) is 22.1. The third-order valence-electron chi connectivity index (χ3n) is 5.68. The molecule has 32 heavy (non-hydrogen) atoms. The molecular weight excluding hydrogens is 426 g/mol. The Hall–Kier alpha value is -3.12. The summed E-state index contributed by atoms with van der Waals surface area (Å²) >= 11 is 6.08. The number of ether oxygens (including phenoxy) is 1. The van der Waals surface area contributed by atoms with E-state index in [-0.39, 0.29) is 18.4 Å². The number of hydrogen-bond donors (Lipinski definition) is 0. The van der Waals surface area contributed by atoms with E-state index < -0.39 is 5.97 Å². The maximum Gasteiger partial charge on any atom is 0.339 e. The van der Waals surface area contributed by atoms with Crippen molar-refractivity contribution in [3.05, 3.63) is 70.9 Å². The molecule has 0 unspecified atom stereocenters. The zero-order chi connectivity index (χ0) is 22.7. The molecule has 1 amide bonds. The number of anilines is 1. The molecule has 2 aromatic carbocycles. The molecule has 1 aromatic heterocycles. The van der Waals surface area contributed by atoms with Crippen LogP contribution in [0.25, 0.3) is 10.9 Å². The largest absolute Gasteiger partial charge is 0.452 e. The van der Waals surface area contributed by atoms with Gasteiger partial charge in [0.25, 0.3) is 5.91 Å². The molecule has 0 atom stereocenters. The minimum Gasteiger partial charge on any atom is -0.452 e. The summed E-state index contributed by atoms with van der Waals surface area (Å²) in [5.74, 6) is -0.522. The number of carbonyl (C=O) groups excluding carboxylic acids is 2. The van der Waals surface area contributed by atoms with Crippen LogP contribution in [0.5, 0.6) is 0 Å². The SMILES string of the molecule is CC(C)c1cc(C(=O)OCC(=O)N2CCN(c3cccc(Cl)c3)CC2)c2ccccc2n1. The lowest BCUT2D eigenvalue weighted by Crippen LogP contribution is -2.49. The lowest BCUT2D eigenvalue weighted by atomic mass is 10.0. The second-order valence-corrected chi connectivity index (χ2v) is 8.63. The molecule has 0 aliphatic carbocycles. The van der Waals surface area contributed by atoms with Crippen molar-refractivity contribution in [3.63, 3.8) is 0 Å². The molecule has 1 fully saturated rings. The lowest BCUT2D eigenvalue weighted by Gasteiger charge is -2.36. The average molecular weight is 452 g/mol. The molecule has 1 aliphatic heterocycles. The number of esters is 1. The second kappa shape index (κ2) is 9.57. The number of rotatable bonds is 5. The molecule has 0 spiro atoms. The third kappa shape index (κ3) is 4.86. The van der Waals surface area contributed by atoms with Crippen molar-refractivity contribution in [1.82, 2.24) is 9.88 Å². The van der Waals surface area contributed by atoms with Gasteiger partial charge in [0.05, 0.1) is 11.1 Å². The third-order valence-corrected chi connectivity index (χ3v) is 5.91. The van der Waals surface area contributed by atoms with E-state index in [1.165, 1.54) is 0 Å². The number of pyridine rings is 1. The number of para-hydroxylation sites is 1. The molecule has 4 rings (SSSR count). The van der Waals surface area contributed by atoms with Gasteiger partial charge in [-0.2, -0.15) is 0 Å². The van der Waals surface area contributed by atoms with Gasteiger partial charge in [-0.25, -0.2) is 4.79 Å². The van der Waals surface area contributed by atoms with E-state index in [9.17, 15) is 9.59 Å². The molecule has 6 nitrogen and oxygen atoms in total. The Kier molecular flexibility index (Phi) is 6.61. The number of benzene rings is 2. The summed E-state index contributed by atoms with van der Waals surface area (Å²) in [6.07, 6.45) is 0. The van der Waals surface area contributed by atoms with Crippen LogP contribution in [0.3, 0.4) is 0 Å². The number of nitrogens with zero attached hydrogens (tertiary/aromatic N) is 3. The van der Waals surface area contributed by atoms with Gasteiger partial charge in [0.15, 0.2) is 6.61 Å². The van der Waals surface area contributed by atoms with Crippen LogP contribution in [0.2, 0.25) is 5.02 Å². The Labute approximate surface area is 192 Å². The van der Waals surface area contributed by atoms with Gasteiger partial charge in [0.1, 0.15) is 0 Å². The Balaban J connectivity index is 1.38. The number of hydrogen-bond acceptors (Lipinski definition) is 5. The lowest BCUT2D eigenvalue weighted by molar-refractivity contribution is -0.134. The number of aromatic nitrogens is 1. The zero-order valence-electron chi connectivity index (χ0n) is 18.3. The predicted octanol–water partition coefficient (Wildman–Crippen LogP) is 4.52. The Bertz CT molecular complexity index is 1140. The van der Waals surface area contributed by atoms with Crippen LogP contribution < -0.4 is 4.90 Å². The van der Waals surface area contributed by atoms with Gasteiger partial charge < -0.3 is 14.5 Å². The minimum atomic E-state index is -0.503. The number of fused-ring (bicyclic) bond motifs is 1. The minimum absolute atomic E-state index is 0.170. The normalized spacial score (nSPS) is 14.1. The summed E-state index contributed by atoms with van der Waals surface area (Å²) in [4.78, 5) is 34.1. The van der Waals surface area contributed by atoms with Gasteiger partial charge in [-0.1, -0.05) is 49.7 Å². The molecule has 0 saturated carbocycles. The van der Waals surface area contributed by atoms with Crippen LogP contribution in [0.4, 0.5) is 5.69 Å². The van der Waals surface area contributed by atoms with Crippen LogP contribution >= 0.6 is 11.6 Å². The Morgan fingerprint density at radius 2 is 1.78 bits per heavy atom. The van der Waals surface area contributed by atoms with E-state index in [0.29, 0.717) is 36.8 Å². The van der Waals surface area contributed by atoms with Crippen LogP contribution in [0.1, 0.15) is 35.8 Å². The summed E-state index contributed by atoms with van der Waals surface area (Å²) in [5.41, 5.74) is 3.05. The first-order chi connectivity index (χ1) is 15.4. The Morgan fingerprint density at radius 1 is 1.03 bits per heavy atom. The number of halogens is 1. The van der Waals surface area contributed by atoms with E-state index in [1.807, 2.05) is 62.4 Å². The summed E-state index contributed by atoms with van der Waals surface area (Å²) in [6.45, 7) is 6.32. The van der Waals surface area contributed by atoms with Crippen molar-refractivity contribution in [2.75, 3.05) is 37.7 Å². The van der Waals surface area contributed by atoms with Crippen LogP contribution in [-0.4, -0.2) is 54.5 Å². The summed E-state index contributed by atoms with van der Waals surface area (Å²) in [6, 6.07) is 16.9. The summed E-state index contributed by atoms with van der Waals surface area (Å²) in [7, 11) is 0. The first-order valence-electron chi connectivity index (χ1n) is 10.8. The fourth-order valence-electron chi connectivity index (χ4n) is 3.84. The van der Waals surface area contributed by atoms with Gasteiger partial charge in [-0.15, -0.1) is 0 Å². The monoisotopic (exact) mass is 451 g/mol.